The number of rotatable bonds is 6. The molecular weight excluding hydrogens is 376 g/mol. The number of pyridine rings is 1. The lowest BCUT2D eigenvalue weighted by Gasteiger charge is -2.07. The van der Waals surface area contributed by atoms with Crippen LogP contribution in [0, 0.1) is 6.92 Å². The van der Waals surface area contributed by atoms with Gasteiger partial charge in [-0.25, -0.2) is 9.97 Å². The summed E-state index contributed by atoms with van der Waals surface area (Å²) in [6, 6.07) is 3.33. The molecule has 0 saturated carbocycles. The largest absolute Gasteiger partial charge is 0.481 e. The molecule has 0 radical (unpaired) electrons. The zero-order valence-electron chi connectivity index (χ0n) is 13.8. The summed E-state index contributed by atoms with van der Waals surface area (Å²) in [7, 11) is 1.52. The Morgan fingerprint density at radius 3 is 2.73 bits per heavy atom. The number of aryl methyl sites for hydroxylation is 1. The van der Waals surface area contributed by atoms with Gasteiger partial charge in [-0.15, -0.1) is 11.3 Å². The predicted molar refractivity (Wildman–Crippen MR) is 99.5 cm³/mol. The smallest absolute Gasteiger partial charge is 0.268 e. The van der Waals surface area contributed by atoms with Gasteiger partial charge in [0.25, 0.3) is 11.8 Å². The quantitative estimate of drug-likeness (QED) is 0.589. The van der Waals surface area contributed by atoms with Gasteiger partial charge in [-0.3, -0.25) is 9.59 Å². The van der Waals surface area contributed by atoms with Gasteiger partial charge in [0.2, 0.25) is 5.88 Å². The molecule has 26 heavy (non-hydrogen) atoms. The molecule has 9 nitrogen and oxygen atoms in total. The van der Waals surface area contributed by atoms with Gasteiger partial charge >= 0.3 is 0 Å². The van der Waals surface area contributed by atoms with Crippen LogP contribution in [0.3, 0.4) is 0 Å². The predicted octanol–water partition coefficient (Wildman–Crippen LogP) is 2.41. The van der Waals surface area contributed by atoms with E-state index in [4.69, 9.17) is 10.5 Å². The summed E-state index contributed by atoms with van der Waals surface area (Å²) in [5.41, 5.74) is 6.85. The van der Waals surface area contributed by atoms with E-state index >= 15 is 0 Å². The van der Waals surface area contributed by atoms with Gasteiger partial charge in [-0.1, -0.05) is 0 Å². The normalized spacial score (nSPS) is 10.4. The topological polar surface area (TPSA) is 132 Å². The van der Waals surface area contributed by atoms with Crippen molar-refractivity contribution in [2.45, 2.75) is 6.92 Å². The molecule has 3 rings (SSSR count). The van der Waals surface area contributed by atoms with Crippen molar-refractivity contribution < 1.29 is 14.3 Å². The second kappa shape index (κ2) is 7.45. The molecule has 0 fully saturated rings. The van der Waals surface area contributed by atoms with Crippen molar-refractivity contribution in [3.05, 3.63) is 40.7 Å². The third-order valence-electron chi connectivity index (χ3n) is 3.27. The molecule has 0 saturated heterocycles. The number of aromatic nitrogens is 3. The number of nitrogens with one attached hydrogen (secondary N) is 2. The van der Waals surface area contributed by atoms with Crippen LogP contribution in [0.4, 0.5) is 15.8 Å². The van der Waals surface area contributed by atoms with Crippen molar-refractivity contribution in [3.63, 3.8) is 0 Å². The molecule has 0 aromatic carbocycles. The van der Waals surface area contributed by atoms with Gasteiger partial charge < -0.3 is 21.1 Å². The molecular formula is C15H14N6O3S2. The fraction of sp³-hybridized carbons (Fsp3) is 0.133. The molecule has 0 atom stereocenters. The molecule has 0 aliphatic rings. The second-order valence-corrected chi connectivity index (χ2v) is 6.67. The average molecular weight is 390 g/mol. The van der Waals surface area contributed by atoms with Crippen molar-refractivity contribution >= 4 is 50.5 Å². The van der Waals surface area contributed by atoms with Gasteiger partial charge in [-0.2, -0.15) is 4.37 Å². The lowest BCUT2D eigenvalue weighted by atomic mass is 10.2. The summed E-state index contributed by atoms with van der Waals surface area (Å²) in [5, 5.41) is 8.29. The highest BCUT2D eigenvalue weighted by Crippen LogP contribution is 2.30. The highest BCUT2D eigenvalue weighted by Gasteiger charge is 2.20. The van der Waals surface area contributed by atoms with E-state index in [-0.39, 0.29) is 11.6 Å². The monoisotopic (exact) mass is 390 g/mol. The van der Waals surface area contributed by atoms with Gasteiger partial charge in [0, 0.05) is 11.4 Å². The van der Waals surface area contributed by atoms with E-state index < -0.39 is 5.91 Å². The first-order valence-electron chi connectivity index (χ1n) is 7.28. The Hall–Kier alpha value is -3.05. The maximum absolute atomic E-state index is 12.6. The molecule has 0 spiro atoms. The minimum Gasteiger partial charge on any atom is -0.481 e. The van der Waals surface area contributed by atoms with Crippen LogP contribution < -0.4 is 21.1 Å². The number of hydrogen-bond donors (Lipinski definition) is 3. The van der Waals surface area contributed by atoms with E-state index in [1.807, 2.05) is 0 Å². The number of nitrogens with zero attached hydrogens (tertiary/aromatic N) is 3. The first-order valence-corrected chi connectivity index (χ1v) is 8.93. The Morgan fingerprint density at radius 2 is 2.12 bits per heavy atom. The van der Waals surface area contributed by atoms with Crippen molar-refractivity contribution in [2.24, 2.45) is 5.73 Å². The molecule has 0 aliphatic carbocycles. The Morgan fingerprint density at radius 1 is 1.31 bits per heavy atom. The average Bonchev–Trinajstić information content (AvgIpc) is 3.23. The maximum atomic E-state index is 12.6. The van der Waals surface area contributed by atoms with Crippen molar-refractivity contribution in [2.75, 3.05) is 17.7 Å². The van der Waals surface area contributed by atoms with Crippen LogP contribution in [-0.2, 0) is 0 Å². The van der Waals surface area contributed by atoms with E-state index in [0.717, 1.165) is 11.5 Å². The minimum absolute atomic E-state index is 0.161. The van der Waals surface area contributed by atoms with Crippen LogP contribution in [0.15, 0.2) is 23.7 Å². The van der Waals surface area contributed by atoms with Crippen LogP contribution in [0.25, 0.3) is 0 Å². The summed E-state index contributed by atoms with van der Waals surface area (Å²) < 4.78 is 9.20. The Bertz CT molecular complexity index is 951. The zero-order chi connectivity index (χ0) is 18.7. The molecule has 2 amide bonds. The highest BCUT2D eigenvalue weighted by molar-refractivity contribution is 7.15. The van der Waals surface area contributed by atoms with Crippen LogP contribution in [0.5, 0.6) is 5.88 Å². The molecule has 4 N–H and O–H groups in total. The molecule has 3 heterocycles. The number of thiazole rings is 1. The van der Waals surface area contributed by atoms with Gasteiger partial charge in [0.05, 0.1) is 30.3 Å². The Kier molecular flexibility index (Phi) is 5.09. The number of carbonyl (C=O) groups excluding carboxylic acids is 2. The third kappa shape index (κ3) is 3.78. The second-order valence-electron chi connectivity index (χ2n) is 5.04. The standard InChI is InChI=1S/C15H14N6O3S2/c1-7-11(13(23)18-8-3-4-10(24-2)17-5-8)14(26-21-7)20-15-19-9(6-25-15)12(16)22/h3-6H,1-2H3,(H2,16,22)(H,18,23)(H,19,20). The van der Waals surface area contributed by atoms with Crippen LogP contribution in [-0.4, -0.2) is 33.3 Å². The van der Waals surface area contributed by atoms with E-state index in [9.17, 15) is 9.59 Å². The number of methoxy groups -OCH3 is 1. The number of nitrogens with two attached hydrogens (primary N) is 1. The molecule has 0 aliphatic heterocycles. The number of hydrogen-bond acceptors (Lipinski definition) is 9. The summed E-state index contributed by atoms with van der Waals surface area (Å²) in [4.78, 5) is 31.9. The van der Waals surface area contributed by atoms with Crippen molar-refractivity contribution in [3.8, 4) is 5.88 Å². The number of primary amides is 1. The molecule has 134 valence electrons. The number of ether oxygens (including phenoxy) is 1. The summed E-state index contributed by atoms with van der Waals surface area (Å²) in [5.74, 6) is -0.495. The Balaban J connectivity index is 1.79. The molecule has 11 heteroatoms. The molecule has 0 bridgehead atoms. The Labute approximate surface area is 156 Å². The summed E-state index contributed by atoms with van der Waals surface area (Å²) in [6.45, 7) is 1.74. The lowest BCUT2D eigenvalue weighted by Crippen LogP contribution is -2.14. The number of anilines is 3. The van der Waals surface area contributed by atoms with Crippen molar-refractivity contribution in [1.29, 1.82) is 0 Å². The molecule has 0 unspecified atom stereocenters. The van der Waals surface area contributed by atoms with E-state index in [1.54, 1.807) is 24.4 Å². The number of carbonyl (C=O) groups is 2. The molecule has 3 aromatic heterocycles. The van der Waals surface area contributed by atoms with E-state index in [0.29, 0.717) is 33.0 Å². The third-order valence-corrected chi connectivity index (χ3v) is 4.88. The van der Waals surface area contributed by atoms with Crippen LogP contribution in [0.2, 0.25) is 0 Å². The number of amides is 2. The molecule has 3 aromatic rings. The fourth-order valence-electron chi connectivity index (χ4n) is 2.03. The van der Waals surface area contributed by atoms with Gasteiger partial charge in [0.1, 0.15) is 10.7 Å². The van der Waals surface area contributed by atoms with Crippen molar-refractivity contribution in [1.82, 2.24) is 14.3 Å². The maximum Gasteiger partial charge on any atom is 0.268 e. The van der Waals surface area contributed by atoms with Gasteiger partial charge in [-0.05, 0) is 24.5 Å². The minimum atomic E-state index is -0.611. The first-order chi connectivity index (χ1) is 12.5. The first kappa shape index (κ1) is 17.8. The van der Waals surface area contributed by atoms with Gasteiger partial charge in [0.15, 0.2) is 5.13 Å². The lowest BCUT2D eigenvalue weighted by molar-refractivity contribution is 0.0994. The summed E-state index contributed by atoms with van der Waals surface area (Å²) in [6.07, 6.45) is 1.50. The highest BCUT2D eigenvalue weighted by atomic mass is 32.1. The SMILES string of the molecule is COc1ccc(NC(=O)c2c(C)nsc2Nc2nc(C(N)=O)cs2)cn1. The summed E-state index contributed by atoms with van der Waals surface area (Å²) >= 11 is 2.34. The van der Waals surface area contributed by atoms with E-state index in [2.05, 4.69) is 25.0 Å². The van der Waals surface area contributed by atoms with Crippen LogP contribution >= 0.6 is 22.9 Å². The zero-order valence-corrected chi connectivity index (χ0v) is 15.4. The fourth-order valence-corrected chi connectivity index (χ4v) is 3.59. The van der Waals surface area contributed by atoms with Crippen LogP contribution in [0.1, 0.15) is 26.5 Å². The van der Waals surface area contributed by atoms with E-state index in [1.165, 1.54) is 24.6 Å².